The number of carbonyl (C=O) groups excluding carboxylic acids is 2. The lowest BCUT2D eigenvalue weighted by molar-refractivity contribution is -0.144. The number of rotatable bonds is 4. The average Bonchev–Trinajstić information content (AvgIpc) is 3.34. The summed E-state index contributed by atoms with van der Waals surface area (Å²) in [5, 5.41) is 4.85. The van der Waals surface area contributed by atoms with Crippen molar-refractivity contribution in [3.63, 3.8) is 0 Å². The third-order valence-electron chi connectivity index (χ3n) is 5.64. The second kappa shape index (κ2) is 6.79. The first-order chi connectivity index (χ1) is 13.7. The molecule has 140 valence electrons. The first kappa shape index (κ1) is 17.0. The lowest BCUT2D eigenvalue weighted by Crippen LogP contribution is -2.17. The largest absolute Gasteiger partial charge is 0.462 e. The summed E-state index contributed by atoms with van der Waals surface area (Å²) in [6, 6.07) is 8.58. The SMILES string of the molecule is O=C(CCC1CCC(=O)O1)OC1=CCc2c(ccc3c4c(ccc23)=CC=C4)=C1. The van der Waals surface area contributed by atoms with Crippen LogP contribution < -0.4 is 10.4 Å². The third kappa shape index (κ3) is 3.05. The second-order valence-electron chi connectivity index (χ2n) is 7.44. The van der Waals surface area contributed by atoms with Crippen molar-refractivity contribution in [3.05, 3.63) is 63.7 Å². The van der Waals surface area contributed by atoms with Crippen LogP contribution in [0.25, 0.3) is 29.0 Å². The molecule has 4 nitrogen and oxygen atoms in total. The number of cyclic esters (lactones) is 1. The maximum absolute atomic E-state index is 12.2. The molecule has 0 amide bonds. The van der Waals surface area contributed by atoms with Gasteiger partial charge in [-0.15, -0.1) is 0 Å². The number of hydrogen-bond donors (Lipinski definition) is 0. The fourth-order valence-electron chi connectivity index (χ4n) is 4.20. The smallest absolute Gasteiger partial charge is 0.311 e. The van der Waals surface area contributed by atoms with Gasteiger partial charge in [0.25, 0.3) is 0 Å². The van der Waals surface area contributed by atoms with Crippen LogP contribution in [0.3, 0.4) is 0 Å². The van der Waals surface area contributed by atoms with Gasteiger partial charge in [-0.05, 0) is 63.8 Å². The highest BCUT2D eigenvalue weighted by Gasteiger charge is 2.24. The number of fused-ring (bicyclic) bond motifs is 5. The summed E-state index contributed by atoms with van der Waals surface area (Å²) in [5.74, 6) is 0.132. The van der Waals surface area contributed by atoms with E-state index < -0.39 is 0 Å². The molecule has 1 heterocycles. The lowest BCUT2D eigenvalue weighted by Gasteiger charge is -2.14. The molecule has 3 aliphatic rings. The molecule has 1 unspecified atom stereocenters. The number of benzene rings is 2. The van der Waals surface area contributed by atoms with Crippen LogP contribution in [-0.4, -0.2) is 18.0 Å². The van der Waals surface area contributed by atoms with Gasteiger partial charge in [-0.2, -0.15) is 0 Å². The van der Waals surface area contributed by atoms with E-state index in [9.17, 15) is 9.59 Å². The van der Waals surface area contributed by atoms with Crippen molar-refractivity contribution in [2.24, 2.45) is 0 Å². The molecule has 2 aromatic rings. The Balaban J connectivity index is 1.33. The molecule has 0 aromatic heterocycles. The molecular weight excluding hydrogens is 352 g/mol. The fourth-order valence-corrected chi connectivity index (χ4v) is 4.20. The Kier molecular flexibility index (Phi) is 4.12. The number of hydrogen-bond acceptors (Lipinski definition) is 4. The first-order valence-electron chi connectivity index (χ1n) is 9.72. The molecular formula is C24H20O4. The maximum Gasteiger partial charge on any atom is 0.311 e. The summed E-state index contributed by atoms with van der Waals surface area (Å²) in [7, 11) is 0. The van der Waals surface area contributed by atoms with Gasteiger partial charge in [0.2, 0.25) is 0 Å². The van der Waals surface area contributed by atoms with Crippen LogP contribution in [0.1, 0.15) is 36.8 Å². The molecule has 0 spiro atoms. The zero-order valence-electron chi connectivity index (χ0n) is 15.4. The van der Waals surface area contributed by atoms with Gasteiger partial charge in [0, 0.05) is 12.8 Å². The fraction of sp³-hybridized carbons (Fsp3) is 0.250. The molecule has 0 saturated carbocycles. The topological polar surface area (TPSA) is 52.6 Å². The Morgan fingerprint density at radius 3 is 2.86 bits per heavy atom. The Labute approximate surface area is 162 Å². The number of carbonyl (C=O) groups is 2. The molecule has 4 heteroatoms. The lowest BCUT2D eigenvalue weighted by atomic mass is 9.94. The molecule has 1 atom stereocenters. The van der Waals surface area contributed by atoms with Gasteiger partial charge in [-0.3, -0.25) is 9.59 Å². The van der Waals surface area contributed by atoms with Crippen molar-refractivity contribution in [1.29, 1.82) is 0 Å². The molecule has 5 rings (SSSR count). The van der Waals surface area contributed by atoms with E-state index in [1.165, 1.54) is 27.1 Å². The Morgan fingerprint density at radius 2 is 2.00 bits per heavy atom. The molecule has 1 fully saturated rings. The zero-order valence-corrected chi connectivity index (χ0v) is 15.4. The van der Waals surface area contributed by atoms with Gasteiger partial charge in [-0.1, -0.05) is 42.5 Å². The van der Waals surface area contributed by atoms with E-state index in [1.54, 1.807) is 0 Å². The van der Waals surface area contributed by atoms with Crippen LogP contribution in [0.5, 0.6) is 0 Å². The zero-order chi connectivity index (χ0) is 19.1. The van der Waals surface area contributed by atoms with Crippen LogP contribution in [0.2, 0.25) is 0 Å². The summed E-state index contributed by atoms with van der Waals surface area (Å²) in [6.07, 6.45) is 12.8. The summed E-state index contributed by atoms with van der Waals surface area (Å²) in [6.45, 7) is 0. The molecule has 0 N–H and O–H groups in total. The molecule has 28 heavy (non-hydrogen) atoms. The van der Waals surface area contributed by atoms with Crippen LogP contribution >= 0.6 is 0 Å². The number of esters is 2. The highest BCUT2D eigenvalue weighted by Crippen LogP contribution is 2.24. The van der Waals surface area contributed by atoms with E-state index in [1.807, 2.05) is 12.2 Å². The van der Waals surface area contributed by atoms with Gasteiger partial charge in [0.1, 0.15) is 11.9 Å². The second-order valence-corrected chi connectivity index (χ2v) is 7.44. The predicted molar refractivity (Wildman–Crippen MR) is 107 cm³/mol. The van der Waals surface area contributed by atoms with Gasteiger partial charge in [-0.25, -0.2) is 0 Å². The average molecular weight is 372 g/mol. The van der Waals surface area contributed by atoms with Gasteiger partial charge in [0.05, 0.1) is 0 Å². The van der Waals surface area contributed by atoms with Crippen molar-refractivity contribution >= 4 is 40.9 Å². The molecule has 2 aromatic carbocycles. The summed E-state index contributed by atoms with van der Waals surface area (Å²) in [5.41, 5.74) is 2.53. The van der Waals surface area contributed by atoms with E-state index >= 15 is 0 Å². The Morgan fingerprint density at radius 1 is 1.14 bits per heavy atom. The summed E-state index contributed by atoms with van der Waals surface area (Å²) in [4.78, 5) is 23.3. The standard InChI is InChI=1S/C24H20O4/c25-23-12-7-17(27-23)8-13-24(26)28-18-6-11-20-16(14-18)5-10-21-19-3-1-2-15(19)4-9-22(20)21/h1-6,9-10,14,17H,7-8,11-13H2. The molecule has 0 radical (unpaired) electrons. The van der Waals surface area contributed by atoms with Crippen molar-refractivity contribution in [1.82, 2.24) is 0 Å². The van der Waals surface area contributed by atoms with Crippen LogP contribution in [-0.2, 0) is 25.5 Å². The highest BCUT2D eigenvalue weighted by atomic mass is 16.6. The minimum atomic E-state index is -0.284. The van der Waals surface area contributed by atoms with E-state index in [0.717, 1.165) is 11.6 Å². The molecule has 1 saturated heterocycles. The van der Waals surface area contributed by atoms with E-state index in [2.05, 4.69) is 42.5 Å². The van der Waals surface area contributed by atoms with Crippen molar-refractivity contribution < 1.29 is 19.1 Å². The van der Waals surface area contributed by atoms with E-state index in [0.29, 0.717) is 25.0 Å². The van der Waals surface area contributed by atoms with Crippen molar-refractivity contribution in [2.75, 3.05) is 0 Å². The minimum absolute atomic E-state index is 0.149. The normalized spacial score (nSPS) is 19.4. The summed E-state index contributed by atoms with van der Waals surface area (Å²) < 4.78 is 10.7. The van der Waals surface area contributed by atoms with Crippen LogP contribution in [0, 0.1) is 0 Å². The quantitative estimate of drug-likeness (QED) is 0.775. The monoisotopic (exact) mass is 372 g/mol. The van der Waals surface area contributed by atoms with Gasteiger partial charge in [0.15, 0.2) is 0 Å². The van der Waals surface area contributed by atoms with Gasteiger partial charge >= 0.3 is 11.9 Å². The maximum atomic E-state index is 12.2. The minimum Gasteiger partial charge on any atom is -0.462 e. The molecule has 0 bridgehead atoms. The Bertz CT molecular complexity index is 1180. The Hall–Kier alpha value is -3.14. The van der Waals surface area contributed by atoms with E-state index in [-0.39, 0.29) is 24.5 Å². The first-order valence-corrected chi connectivity index (χ1v) is 9.72. The predicted octanol–water partition coefficient (Wildman–Crippen LogP) is 2.90. The van der Waals surface area contributed by atoms with Crippen molar-refractivity contribution in [3.8, 4) is 0 Å². The van der Waals surface area contributed by atoms with Crippen LogP contribution in [0.4, 0.5) is 0 Å². The molecule has 1 aliphatic heterocycles. The van der Waals surface area contributed by atoms with Crippen LogP contribution in [0.15, 0.2) is 42.2 Å². The highest BCUT2D eigenvalue weighted by molar-refractivity contribution is 5.96. The number of allylic oxidation sites excluding steroid dienone is 3. The third-order valence-corrected chi connectivity index (χ3v) is 5.64. The summed E-state index contributed by atoms with van der Waals surface area (Å²) >= 11 is 0. The number of ether oxygens (including phenoxy) is 2. The molecule has 2 aliphatic carbocycles. The van der Waals surface area contributed by atoms with Gasteiger partial charge < -0.3 is 9.47 Å². The van der Waals surface area contributed by atoms with Crippen molar-refractivity contribution in [2.45, 2.75) is 38.2 Å². The van der Waals surface area contributed by atoms with E-state index in [4.69, 9.17) is 9.47 Å².